The fourth-order valence-corrected chi connectivity index (χ4v) is 3.43. The molecule has 0 aliphatic carbocycles. The van der Waals surface area contributed by atoms with Crippen LogP contribution in [-0.2, 0) is 0 Å². The number of amides is 1. The lowest BCUT2D eigenvalue weighted by molar-refractivity contribution is 0.198. The van der Waals surface area contributed by atoms with Gasteiger partial charge in [0.25, 0.3) is 0 Å². The second-order valence-corrected chi connectivity index (χ2v) is 6.77. The highest BCUT2D eigenvalue weighted by Crippen LogP contribution is 2.33. The third-order valence-corrected chi connectivity index (χ3v) is 4.95. The van der Waals surface area contributed by atoms with E-state index < -0.39 is 11.9 Å². The number of likely N-dealkylation sites (N-methyl/N-ethyl adjacent to an activating group) is 1. The van der Waals surface area contributed by atoms with Crippen LogP contribution in [-0.4, -0.2) is 42.3 Å². The van der Waals surface area contributed by atoms with Gasteiger partial charge in [0.05, 0.1) is 5.69 Å². The highest BCUT2D eigenvalue weighted by molar-refractivity contribution is 6.30. The minimum atomic E-state index is -1.04. The molecule has 0 radical (unpaired) electrons. The van der Waals surface area contributed by atoms with Crippen molar-refractivity contribution in [3.63, 3.8) is 0 Å². The Morgan fingerprint density at radius 3 is 2.64 bits per heavy atom. The molecule has 1 amide bonds. The van der Waals surface area contributed by atoms with Crippen LogP contribution in [0.1, 0.15) is 12.8 Å². The van der Waals surface area contributed by atoms with Crippen LogP contribution < -0.4 is 4.90 Å². The molecule has 1 unspecified atom stereocenters. The summed E-state index contributed by atoms with van der Waals surface area (Å²) < 4.78 is 13.8. The van der Waals surface area contributed by atoms with Crippen LogP contribution in [0.2, 0.25) is 5.02 Å². The number of hydrogen-bond donors (Lipinski definition) is 1. The minimum Gasteiger partial charge on any atom is -0.465 e. The number of rotatable bonds is 4. The zero-order valence-electron chi connectivity index (χ0n) is 14.0. The zero-order chi connectivity index (χ0) is 18.0. The van der Waals surface area contributed by atoms with Gasteiger partial charge in [-0.2, -0.15) is 0 Å². The number of likely N-dealkylation sites (tertiary alicyclic amines) is 1. The zero-order valence-corrected chi connectivity index (χ0v) is 14.7. The van der Waals surface area contributed by atoms with Crippen LogP contribution in [0.3, 0.4) is 0 Å². The van der Waals surface area contributed by atoms with Crippen LogP contribution in [0.5, 0.6) is 0 Å². The van der Waals surface area contributed by atoms with Crippen molar-refractivity contribution in [2.24, 2.45) is 0 Å². The van der Waals surface area contributed by atoms with Gasteiger partial charge in [0, 0.05) is 23.2 Å². The summed E-state index contributed by atoms with van der Waals surface area (Å²) in [6.45, 7) is 1.32. The maximum atomic E-state index is 13.8. The number of benzene rings is 2. The van der Waals surface area contributed by atoms with E-state index in [0.717, 1.165) is 24.9 Å². The van der Waals surface area contributed by atoms with E-state index in [1.807, 2.05) is 7.05 Å². The molecule has 4 nitrogen and oxygen atoms in total. The van der Waals surface area contributed by atoms with Crippen LogP contribution >= 0.6 is 11.6 Å². The van der Waals surface area contributed by atoms with Gasteiger partial charge in [-0.1, -0.05) is 23.7 Å². The van der Waals surface area contributed by atoms with Crippen molar-refractivity contribution in [1.29, 1.82) is 0 Å². The predicted octanol–water partition coefficient (Wildman–Crippen LogP) is 4.72. The molecule has 3 rings (SSSR count). The Morgan fingerprint density at radius 1 is 1.32 bits per heavy atom. The van der Waals surface area contributed by atoms with Crippen molar-refractivity contribution < 1.29 is 14.3 Å². The molecule has 1 fully saturated rings. The van der Waals surface area contributed by atoms with Crippen LogP contribution in [0.15, 0.2) is 42.5 Å². The number of hydrogen-bond acceptors (Lipinski definition) is 2. The van der Waals surface area contributed by atoms with Crippen LogP contribution in [0.25, 0.3) is 11.1 Å². The van der Waals surface area contributed by atoms with E-state index in [2.05, 4.69) is 4.90 Å². The monoisotopic (exact) mass is 362 g/mol. The lowest BCUT2D eigenvalue weighted by Crippen LogP contribution is -2.41. The topological polar surface area (TPSA) is 43.8 Å². The third kappa shape index (κ3) is 3.94. The normalized spacial score (nSPS) is 17.6. The largest absolute Gasteiger partial charge is 0.465 e. The lowest BCUT2D eigenvalue weighted by atomic mass is 10.0. The molecule has 0 spiro atoms. The number of carboxylic acid groups (broad SMARTS) is 1. The summed E-state index contributed by atoms with van der Waals surface area (Å²) in [5.41, 5.74) is 1.75. The van der Waals surface area contributed by atoms with Gasteiger partial charge >= 0.3 is 6.09 Å². The Labute approximate surface area is 151 Å². The molecular formula is C19H20ClFN2O2. The average Bonchev–Trinajstić information content (AvgIpc) is 2.98. The Bertz CT molecular complexity index is 767. The van der Waals surface area contributed by atoms with E-state index in [1.165, 1.54) is 23.1 Å². The van der Waals surface area contributed by atoms with Crippen molar-refractivity contribution in [3.05, 3.63) is 53.3 Å². The maximum absolute atomic E-state index is 13.8. The van der Waals surface area contributed by atoms with Gasteiger partial charge in [-0.25, -0.2) is 9.18 Å². The van der Waals surface area contributed by atoms with Crippen molar-refractivity contribution in [2.45, 2.75) is 18.9 Å². The highest BCUT2D eigenvalue weighted by atomic mass is 35.5. The van der Waals surface area contributed by atoms with Gasteiger partial charge in [0.15, 0.2) is 0 Å². The Kier molecular flexibility index (Phi) is 5.25. The highest BCUT2D eigenvalue weighted by Gasteiger charge is 2.28. The van der Waals surface area contributed by atoms with Gasteiger partial charge in [-0.3, -0.25) is 4.90 Å². The van der Waals surface area contributed by atoms with E-state index in [-0.39, 0.29) is 6.04 Å². The SMILES string of the molecule is CN1CCCC1CN(C(=O)O)c1ccc(F)cc1-c1ccc(Cl)cc1. The van der Waals surface area contributed by atoms with Crippen LogP contribution in [0, 0.1) is 5.82 Å². The fourth-order valence-electron chi connectivity index (χ4n) is 3.30. The summed E-state index contributed by atoms with van der Waals surface area (Å²) >= 11 is 5.93. The van der Waals surface area contributed by atoms with Gasteiger partial charge in [-0.05, 0) is 62.3 Å². The first-order valence-electron chi connectivity index (χ1n) is 8.22. The first-order chi connectivity index (χ1) is 12.0. The van der Waals surface area contributed by atoms with Gasteiger partial charge < -0.3 is 10.0 Å². The van der Waals surface area contributed by atoms with E-state index in [1.54, 1.807) is 24.3 Å². The molecule has 1 aliphatic heterocycles. The van der Waals surface area contributed by atoms with Crippen molar-refractivity contribution in [2.75, 3.05) is 25.0 Å². The van der Waals surface area contributed by atoms with E-state index >= 15 is 0 Å². The molecule has 25 heavy (non-hydrogen) atoms. The number of nitrogens with zero attached hydrogens (tertiary/aromatic N) is 2. The van der Waals surface area contributed by atoms with Gasteiger partial charge in [0.1, 0.15) is 5.82 Å². The summed E-state index contributed by atoms with van der Waals surface area (Å²) in [4.78, 5) is 15.4. The molecule has 0 bridgehead atoms. The summed E-state index contributed by atoms with van der Waals surface area (Å²) in [5, 5.41) is 10.3. The summed E-state index contributed by atoms with van der Waals surface area (Å²) in [5.74, 6) is -0.406. The fraction of sp³-hybridized carbons (Fsp3) is 0.316. The van der Waals surface area contributed by atoms with Crippen molar-refractivity contribution in [1.82, 2.24) is 4.90 Å². The number of halogens is 2. The summed E-state index contributed by atoms with van der Waals surface area (Å²) in [6, 6.07) is 11.3. The quantitative estimate of drug-likeness (QED) is 0.855. The minimum absolute atomic E-state index is 0.166. The van der Waals surface area contributed by atoms with E-state index in [9.17, 15) is 14.3 Å². The second kappa shape index (κ2) is 7.42. The standard InChI is InChI=1S/C19H20ClFN2O2/c1-22-10-2-3-16(22)12-23(19(24)25)18-9-8-15(21)11-17(18)13-4-6-14(20)7-5-13/h4-9,11,16H,2-3,10,12H2,1H3,(H,24,25). The molecule has 1 N–H and O–H groups in total. The molecule has 1 heterocycles. The Hall–Kier alpha value is -2.11. The molecule has 6 heteroatoms. The average molecular weight is 363 g/mol. The Morgan fingerprint density at radius 2 is 2.04 bits per heavy atom. The molecule has 1 atom stereocenters. The molecule has 132 valence electrons. The molecule has 2 aromatic rings. The van der Waals surface area contributed by atoms with E-state index in [4.69, 9.17) is 11.6 Å². The van der Waals surface area contributed by atoms with Crippen molar-refractivity contribution >= 4 is 23.4 Å². The molecular weight excluding hydrogens is 343 g/mol. The van der Waals surface area contributed by atoms with Gasteiger partial charge in [-0.15, -0.1) is 0 Å². The van der Waals surface area contributed by atoms with Gasteiger partial charge in [0.2, 0.25) is 0 Å². The molecule has 1 aliphatic rings. The first kappa shape index (κ1) is 17.7. The lowest BCUT2D eigenvalue weighted by Gasteiger charge is -2.28. The van der Waals surface area contributed by atoms with Crippen LogP contribution in [0.4, 0.5) is 14.9 Å². The molecule has 2 aromatic carbocycles. The maximum Gasteiger partial charge on any atom is 0.411 e. The predicted molar refractivity (Wildman–Crippen MR) is 97.9 cm³/mol. The summed E-state index contributed by atoms with van der Waals surface area (Å²) in [7, 11) is 2.00. The van der Waals surface area contributed by atoms with E-state index in [0.29, 0.717) is 22.8 Å². The number of anilines is 1. The summed E-state index contributed by atoms with van der Waals surface area (Å²) in [6.07, 6.45) is 0.974. The molecule has 1 saturated heterocycles. The molecule has 0 saturated carbocycles. The number of carbonyl (C=O) groups is 1. The molecule has 0 aromatic heterocycles. The third-order valence-electron chi connectivity index (χ3n) is 4.70. The first-order valence-corrected chi connectivity index (χ1v) is 8.59. The Balaban J connectivity index is 2.01. The van der Waals surface area contributed by atoms with Crippen molar-refractivity contribution in [3.8, 4) is 11.1 Å². The second-order valence-electron chi connectivity index (χ2n) is 6.34. The smallest absolute Gasteiger partial charge is 0.411 e.